The molecule has 0 saturated heterocycles. The van der Waals surface area contributed by atoms with Gasteiger partial charge in [-0.2, -0.15) is 0 Å². The van der Waals surface area contributed by atoms with Crippen LogP contribution in [0.25, 0.3) is 10.9 Å². The molecule has 4 nitrogen and oxygen atoms in total. The quantitative estimate of drug-likeness (QED) is 0.449. The van der Waals surface area contributed by atoms with Crippen LogP contribution in [0.3, 0.4) is 0 Å². The maximum Gasteiger partial charge on any atom is 0.191 e. The second-order valence-corrected chi connectivity index (χ2v) is 5.46. The Morgan fingerprint density at radius 3 is 2.68 bits per heavy atom. The highest BCUT2D eigenvalue weighted by atomic mass is 127. The van der Waals surface area contributed by atoms with Gasteiger partial charge in [-0.1, -0.05) is 32.0 Å². The summed E-state index contributed by atoms with van der Waals surface area (Å²) in [6.45, 7) is 8.88. The molecule has 0 unspecified atom stereocenters. The number of aromatic nitrogens is 1. The Morgan fingerprint density at radius 2 is 1.95 bits per heavy atom. The van der Waals surface area contributed by atoms with Crippen molar-refractivity contribution in [1.82, 2.24) is 15.6 Å². The van der Waals surface area contributed by atoms with Crippen LogP contribution in [-0.2, 0) is 6.54 Å². The van der Waals surface area contributed by atoms with Gasteiger partial charge in [0.2, 0.25) is 0 Å². The highest BCUT2D eigenvalue weighted by molar-refractivity contribution is 14.0. The van der Waals surface area contributed by atoms with Gasteiger partial charge in [0.15, 0.2) is 5.96 Å². The predicted octanol–water partition coefficient (Wildman–Crippen LogP) is 3.56. The molecule has 0 saturated carbocycles. The maximum atomic E-state index is 4.67. The van der Waals surface area contributed by atoms with E-state index in [4.69, 9.17) is 0 Å². The fourth-order valence-corrected chi connectivity index (χ4v) is 2.10. The number of nitrogens with one attached hydrogen (secondary N) is 2. The zero-order valence-corrected chi connectivity index (χ0v) is 15.8. The summed E-state index contributed by atoms with van der Waals surface area (Å²) in [5, 5.41) is 7.81. The average Bonchev–Trinajstić information content (AvgIpc) is 2.50. The molecule has 0 aliphatic carbocycles. The molecule has 2 rings (SSSR count). The van der Waals surface area contributed by atoms with Crippen LogP contribution < -0.4 is 10.6 Å². The van der Waals surface area contributed by atoms with Crippen LogP contribution in [0.5, 0.6) is 0 Å². The van der Waals surface area contributed by atoms with Crippen molar-refractivity contribution in [3.63, 3.8) is 0 Å². The Balaban J connectivity index is 0.00000242. The summed E-state index contributed by atoms with van der Waals surface area (Å²) in [5.41, 5.74) is 2.22. The standard InChI is InChI=1S/C17H24N4.HI/c1-4-18-17(20-11-13(2)3)21-12-14-9-10-19-16-8-6-5-7-15(14)16;/h5-10,13H,4,11-12H2,1-3H3,(H2,18,20,21);1H. The van der Waals surface area contributed by atoms with Gasteiger partial charge in [-0.25, -0.2) is 4.99 Å². The van der Waals surface area contributed by atoms with Crippen molar-refractivity contribution in [1.29, 1.82) is 0 Å². The van der Waals surface area contributed by atoms with E-state index in [-0.39, 0.29) is 24.0 Å². The molecule has 0 aliphatic rings. The van der Waals surface area contributed by atoms with E-state index >= 15 is 0 Å². The number of pyridine rings is 1. The first-order chi connectivity index (χ1) is 10.2. The second kappa shape index (κ2) is 9.61. The van der Waals surface area contributed by atoms with E-state index in [1.807, 2.05) is 30.5 Å². The van der Waals surface area contributed by atoms with Gasteiger partial charge in [0, 0.05) is 24.7 Å². The van der Waals surface area contributed by atoms with Gasteiger partial charge in [-0.15, -0.1) is 24.0 Å². The van der Waals surface area contributed by atoms with E-state index in [0.29, 0.717) is 12.5 Å². The molecule has 0 fully saturated rings. The number of benzene rings is 1. The van der Waals surface area contributed by atoms with Crippen molar-refractivity contribution in [2.24, 2.45) is 10.9 Å². The molecule has 2 N–H and O–H groups in total. The number of fused-ring (bicyclic) bond motifs is 1. The fraction of sp³-hybridized carbons (Fsp3) is 0.412. The average molecular weight is 412 g/mol. The van der Waals surface area contributed by atoms with Gasteiger partial charge in [0.1, 0.15) is 0 Å². The lowest BCUT2D eigenvalue weighted by Crippen LogP contribution is -2.39. The number of halogens is 1. The lowest BCUT2D eigenvalue weighted by molar-refractivity contribution is 0.615. The molecule has 1 aromatic heterocycles. The van der Waals surface area contributed by atoms with Crippen LogP contribution in [0.4, 0.5) is 0 Å². The number of nitrogens with zero attached hydrogens (tertiary/aromatic N) is 2. The molecule has 0 atom stereocenters. The third-order valence-corrected chi connectivity index (χ3v) is 3.17. The van der Waals surface area contributed by atoms with Crippen LogP contribution in [0, 0.1) is 5.92 Å². The predicted molar refractivity (Wildman–Crippen MR) is 105 cm³/mol. The third-order valence-electron chi connectivity index (χ3n) is 3.17. The topological polar surface area (TPSA) is 49.3 Å². The van der Waals surface area contributed by atoms with Crippen molar-refractivity contribution in [2.75, 3.05) is 13.1 Å². The smallest absolute Gasteiger partial charge is 0.191 e. The second-order valence-electron chi connectivity index (χ2n) is 5.46. The van der Waals surface area contributed by atoms with Crippen molar-refractivity contribution < 1.29 is 0 Å². The molecule has 1 heterocycles. The molecule has 0 amide bonds. The molecule has 120 valence electrons. The van der Waals surface area contributed by atoms with E-state index < -0.39 is 0 Å². The normalized spacial score (nSPS) is 11.4. The van der Waals surface area contributed by atoms with Crippen molar-refractivity contribution in [3.8, 4) is 0 Å². The highest BCUT2D eigenvalue weighted by Gasteiger charge is 2.02. The Labute approximate surface area is 149 Å². The number of aliphatic imine (C=N–C) groups is 1. The maximum absolute atomic E-state index is 4.67. The van der Waals surface area contributed by atoms with Gasteiger partial charge in [0.05, 0.1) is 12.1 Å². The number of rotatable bonds is 5. The number of hydrogen-bond acceptors (Lipinski definition) is 2. The monoisotopic (exact) mass is 412 g/mol. The number of guanidine groups is 1. The van der Waals surface area contributed by atoms with Crippen LogP contribution in [0.15, 0.2) is 41.5 Å². The molecule has 2 aromatic rings. The van der Waals surface area contributed by atoms with Crippen LogP contribution >= 0.6 is 24.0 Å². The molecule has 1 aromatic carbocycles. The van der Waals surface area contributed by atoms with Gasteiger partial charge < -0.3 is 10.6 Å². The largest absolute Gasteiger partial charge is 0.357 e. The number of para-hydroxylation sites is 1. The minimum Gasteiger partial charge on any atom is -0.357 e. The molecule has 5 heteroatoms. The minimum absolute atomic E-state index is 0. The molecule has 0 radical (unpaired) electrons. The van der Waals surface area contributed by atoms with Gasteiger partial charge in [-0.05, 0) is 30.5 Å². The highest BCUT2D eigenvalue weighted by Crippen LogP contribution is 2.16. The Hall–Kier alpha value is -1.37. The summed E-state index contributed by atoms with van der Waals surface area (Å²) in [6.07, 6.45) is 1.85. The van der Waals surface area contributed by atoms with E-state index in [0.717, 1.165) is 24.6 Å². The molecule has 22 heavy (non-hydrogen) atoms. The zero-order chi connectivity index (χ0) is 15.1. The van der Waals surface area contributed by atoms with Crippen molar-refractivity contribution in [2.45, 2.75) is 27.3 Å². The lowest BCUT2D eigenvalue weighted by atomic mass is 10.1. The SMILES string of the molecule is CCNC(=NCc1ccnc2ccccc12)NCC(C)C.I. The van der Waals surface area contributed by atoms with Crippen LogP contribution in [-0.4, -0.2) is 24.0 Å². The molecule has 0 spiro atoms. The summed E-state index contributed by atoms with van der Waals surface area (Å²) < 4.78 is 0. The van der Waals surface area contributed by atoms with Crippen molar-refractivity contribution in [3.05, 3.63) is 42.1 Å². The Morgan fingerprint density at radius 1 is 1.18 bits per heavy atom. The summed E-state index contributed by atoms with van der Waals surface area (Å²) in [4.78, 5) is 9.06. The van der Waals surface area contributed by atoms with E-state index in [9.17, 15) is 0 Å². The summed E-state index contributed by atoms with van der Waals surface area (Å²) >= 11 is 0. The summed E-state index contributed by atoms with van der Waals surface area (Å²) in [5.74, 6) is 1.46. The first-order valence-corrected chi connectivity index (χ1v) is 7.55. The summed E-state index contributed by atoms with van der Waals surface area (Å²) in [6, 6.07) is 10.2. The lowest BCUT2D eigenvalue weighted by Gasteiger charge is -2.13. The first kappa shape index (κ1) is 18.7. The Kier molecular flexibility index (Phi) is 8.16. The summed E-state index contributed by atoms with van der Waals surface area (Å²) in [7, 11) is 0. The van der Waals surface area contributed by atoms with Crippen molar-refractivity contribution >= 4 is 40.8 Å². The van der Waals surface area contributed by atoms with Crippen LogP contribution in [0.2, 0.25) is 0 Å². The molecular formula is C17H25IN4. The molecular weight excluding hydrogens is 387 g/mol. The van der Waals surface area contributed by atoms with E-state index in [1.54, 1.807) is 0 Å². The van der Waals surface area contributed by atoms with E-state index in [1.165, 1.54) is 10.9 Å². The Bertz CT molecular complexity index is 605. The molecule has 0 aliphatic heterocycles. The van der Waals surface area contributed by atoms with Gasteiger partial charge in [-0.3, -0.25) is 4.98 Å². The van der Waals surface area contributed by atoms with Crippen LogP contribution in [0.1, 0.15) is 26.3 Å². The zero-order valence-electron chi connectivity index (χ0n) is 13.5. The first-order valence-electron chi connectivity index (χ1n) is 7.55. The number of hydrogen-bond donors (Lipinski definition) is 2. The van der Waals surface area contributed by atoms with Gasteiger partial charge in [0.25, 0.3) is 0 Å². The third kappa shape index (κ3) is 5.44. The molecule has 0 bridgehead atoms. The minimum atomic E-state index is 0. The fourth-order valence-electron chi connectivity index (χ4n) is 2.10. The van der Waals surface area contributed by atoms with E-state index in [2.05, 4.69) is 47.4 Å². The van der Waals surface area contributed by atoms with Gasteiger partial charge >= 0.3 is 0 Å².